The molecule has 1 unspecified atom stereocenters. The third kappa shape index (κ3) is 1.93. The van der Waals surface area contributed by atoms with Crippen molar-refractivity contribution in [2.75, 3.05) is 6.61 Å². The molecule has 0 aliphatic heterocycles. The van der Waals surface area contributed by atoms with Gasteiger partial charge in [-0.3, -0.25) is 0 Å². The van der Waals surface area contributed by atoms with Crippen LogP contribution in [0.4, 0.5) is 0 Å². The highest BCUT2D eigenvalue weighted by molar-refractivity contribution is 5.18. The first-order chi connectivity index (χ1) is 10.7. The maximum absolute atomic E-state index is 10.8. The molecule has 0 saturated heterocycles. The minimum atomic E-state index is -0.498. The van der Waals surface area contributed by atoms with Crippen LogP contribution < -0.4 is 0 Å². The Morgan fingerprint density at radius 1 is 0.957 bits per heavy atom. The van der Waals surface area contributed by atoms with Crippen LogP contribution in [0.25, 0.3) is 0 Å². The smallest absolute Gasteiger partial charge is 0.0648 e. The zero-order chi connectivity index (χ0) is 16.7. The van der Waals surface area contributed by atoms with E-state index in [-0.39, 0.29) is 29.0 Å². The molecule has 4 saturated carbocycles. The lowest BCUT2D eigenvalue weighted by Gasteiger charge is -2.66. The van der Waals surface area contributed by atoms with Crippen LogP contribution in [0.5, 0.6) is 0 Å². The molecule has 0 heterocycles. The Labute approximate surface area is 140 Å². The van der Waals surface area contributed by atoms with Crippen LogP contribution in [-0.4, -0.2) is 33.6 Å². The first-order valence-electron chi connectivity index (χ1n) is 9.68. The predicted molar refractivity (Wildman–Crippen MR) is 89.8 cm³/mol. The maximum Gasteiger partial charge on any atom is 0.0648 e. The summed E-state index contributed by atoms with van der Waals surface area (Å²) in [6, 6.07) is 0. The molecule has 8 atom stereocenters. The molecular formula is C20H34O3. The molecule has 4 fully saturated rings. The van der Waals surface area contributed by atoms with E-state index >= 15 is 0 Å². The van der Waals surface area contributed by atoms with Crippen molar-refractivity contribution in [3.05, 3.63) is 0 Å². The molecule has 4 aliphatic rings. The highest BCUT2D eigenvalue weighted by Crippen LogP contribution is 2.75. The maximum atomic E-state index is 10.8. The van der Waals surface area contributed by atoms with Crippen LogP contribution >= 0.6 is 0 Å². The molecular weight excluding hydrogens is 288 g/mol. The van der Waals surface area contributed by atoms with Crippen LogP contribution in [0, 0.1) is 34.0 Å². The quantitative estimate of drug-likeness (QED) is 0.695. The van der Waals surface area contributed by atoms with Gasteiger partial charge in [-0.2, -0.15) is 0 Å². The molecule has 0 aromatic carbocycles. The van der Waals surface area contributed by atoms with E-state index in [9.17, 15) is 15.3 Å². The Bertz CT molecular complexity index is 503. The molecule has 0 radical (unpaired) electrons. The Morgan fingerprint density at radius 3 is 2.39 bits per heavy atom. The van der Waals surface area contributed by atoms with Gasteiger partial charge in [0.25, 0.3) is 0 Å². The summed E-state index contributed by atoms with van der Waals surface area (Å²) in [5.74, 6) is 1.63. The topological polar surface area (TPSA) is 60.7 Å². The largest absolute Gasteiger partial charge is 0.396 e. The van der Waals surface area contributed by atoms with Gasteiger partial charge in [-0.05, 0) is 92.3 Å². The second kappa shape index (κ2) is 4.74. The molecule has 2 bridgehead atoms. The summed E-state index contributed by atoms with van der Waals surface area (Å²) in [7, 11) is 0. The van der Waals surface area contributed by atoms with Gasteiger partial charge in [0.05, 0.1) is 11.7 Å². The third-order valence-corrected chi connectivity index (χ3v) is 9.19. The normalized spacial score (nSPS) is 61.8. The van der Waals surface area contributed by atoms with Gasteiger partial charge in [0.15, 0.2) is 0 Å². The molecule has 3 nitrogen and oxygen atoms in total. The number of fused-ring (bicyclic) bond motifs is 2. The Hall–Kier alpha value is -0.120. The fourth-order valence-electron chi connectivity index (χ4n) is 8.01. The Kier molecular flexibility index (Phi) is 3.37. The van der Waals surface area contributed by atoms with Gasteiger partial charge in [-0.25, -0.2) is 0 Å². The lowest BCUT2D eigenvalue weighted by Crippen LogP contribution is -2.61. The highest BCUT2D eigenvalue weighted by atomic mass is 16.3. The van der Waals surface area contributed by atoms with E-state index < -0.39 is 5.60 Å². The van der Waals surface area contributed by atoms with Crippen LogP contribution in [0.15, 0.2) is 0 Å². The number of aliphatic hydroxyl groups excluding tert-OH is 2. The molecule has 132 valence electrons. The molecule has 0 aromatic rings. The van der Waals surface area contributed by atoms with Crippen molar-refractivity contribution in [3.63, 3.8) is 0 Å². The molecule has 23 heavy (non-hydrogen) atoms. The van der Waals surface area contributed by atoms with E-state index in [1.54, 1.807) is 0 Å². The van der Waals surface area contributed by atoms with E-state index in [1.807, 2.05) is 6.92 Å². The van der Waals surface area contributed by atoms with E-state index in [4.69, 9.17) is 0 Å². The molecule has 3 heteroatoms. The average molecular weight is 322 g/mol. The van der Waals surface area contributed by atoms with Crippen LogP contribution in [0.3, 0.4) is 0 Å². The van der Waals surface area contributed by atoms with E-state index in [1.165, 1.54) is 19.3 Å². The summed E-state index contributed by atoms with van der Waals surface area (Å²) >= 11 is 0. The summed E-state index contributed by atoms with van der Waals surface area (Å²) in [5.41, 5.74) is -0.261. The third-order valence-electron chi connectivity index (χ3n) is 9.19. The van der Waals surface area contributed by atoms with Crippen LogP contribution in [0.1, 0.15) is 72.1 Å². The Morgan fingerprint density at radius 2 is 1.70 bits per heavy atom. The van der Waals surface area contributed by atoms with Crippen LogP contribution in [0.2, 0.25) is 0 Å². The van der Waals surface area contributed by atoms with Crippen molar-refractivity contribution in [2.24, 2.45) is 34.0 Å². The molecule has 0 aromatic heterocycles. The number of hydrogen-bond donors (Lipinski definition) is 3. The van der Waals surface area contributed by atoms with Gasteiger partial charge >= 0.3 is 0 Å². The molecule has 0 amide bonds. The molecule has 4 aliphatic carbocycles. The number of rotatable bonds is 1. The zero-order valence-electron chi connectivity index (χ0n) is 15.0. The SMILES string of the molecule is C[C@@]1(CO)C[C@H](O)C[C@@]2(C)[C@H]1CC[C@H]1CC3C[C@]12CC[C@]3(C)O. The summed E-state index contributed by atoms with van der Waals surface area (Å²) in [6.07, 6.45) is 8.07. The van der Waals surface area contributed by atoms with Gasteiger partial charge in [-0.15, -0.1) is 0 Å². The summed E-state index contributed by atoms with van der Waals surface area (Å²) < 4.78 is 0. The lowest BCUT2D eigenvalue weighted by atomic mass is 9.39. The summed E-state index contributed by atoms with van der Waals surface area (Å²) in [4.78, 5) is 0. The second-order valence-corrected chi connectivity index (χ2v) is 10.3. The van der Waals surface area contributed by atoms with Crippen molar-refractivity contribution >= 4 is 0 Å². The monoisotopic (exact) mass is 322 g/mol. The van der Waals surface area contributed by atoms with Crippen molar-refractivity contribution in [2.45, 2.75) is 83.8 Å². The first kappa shape index (κ1) is 16.4. The minimum absolute atomic E-state index is 0.107. The Balaban J connectivity index is 1.78. The van der Waals surface area contributed by atoms with Gasteiger partial charge in [0, 0.05) is 6.61 Å². The van der Waals surface area contributed by atoms with Gasteiger partial charge in [0.2, 0.25) is 0 Å². The number of aliphatic hydroxyl groups is 3. The fourth-order valence-corrected chi connectivity index (χ4v) is 8.01. The fraction of sp³-hybridized carbons (Fsp3) is 1.00. The van der Waals surface area contributed by atoms with Crippen LogP contribution in [-0.2, 0) is 0 Å². The van der Waals surface area contributed by atoms with E-state index in [0.29, 0.717) is 17.8 Å². The predicted octanol–water partition coefficient (Wildman–Crippen LogP) is 3.11. The summed E-state index contributed by atoms with van der Waals surface area (Å²) in [5, 5.41) is 31.5. The average Bonchev–Trinajstić information content (AvgIpc) is 2.81. The second-order valence-electron chi connectivity index (χ2n) is 10.3. The van der Waals surface area contributed by atoms with E-state index in [2.05, 4.69) is 13.8 Å². The lowest BCUT2D eigenvalue weighted by molar-refractivity contribution is -0.204. The van der Waals surface area contributed by atoms with Crippen molar-refractivity contribution in [1.29, 1.82) is 0 Å². The molecule has 1 spiro atoms. The van der Waals surface area contributed by atoms with Crippen molar-refractivity contribution in [3.8, 4) is 0 Å². The first-order valence-corrected chi connectivity index (χ1v) is 9.68. The van der Waals surface area contributed by atoms with Crippen molar-refractivity contribution < 1.29 is 15.3 Å². The van der Waals surface area contributed by atoms with Gasteiger partial charge < -0.3 is 15.3 Å². The van der Waals surface area contributed by atoms with Gasteiger partial charge in [0.1, 0.15) is 0 Å². The molecule has 3 N–H and O–H groups in total. The standard InChI is InChI=1S/C20H34O3/c1-17(12-21)10-15(22)11-18(2)16(17)5-4-13-8-14-9-20(13,18)7-6-19(14,3)23/h13-16,21-23H,4-12H2,1-3H3/t13-,14?,15-,16-,17-,18-,19-,20+/m0/s1. The van der Waals surface area contributed by atoms with Crippen molar-refractivity contribution in [1.82, 2.24) is 0 Å². The number of hydrogen-bond acceptors (Lipinski definition) is 3. The van der Waals surface area contributed by atoms with Gasteiger partial charge in [-0.1, -0.05) is 13.8 Å². The zero-order valence-corrected chi connectivity index (χ0v) is 15.0. The summed E-state index contributed by atoms with van der Waals surface area (Å²) in [6.45, 7) is 6.84. The molecule has 4 rings (SSSR count). The highest BCUT2D eigenvalue weighted by Gasteiger charge is 2.69. The van der Waals surface area contributed by atoms with E-state index in [0.717, 1.165) is 32.1 Å². The minimum Gasteiger partial charge on any atom is -0.396 e.